The lowest BCUT2D eigenvalue weighted by Crippen LogP contribution is -2.43. The molecule has 1 atom stereocenters. The Morgan fingerprint density at radius 3 is 2.13 bits per heavy atom. The summed E-state index contributed by atoms with van der Waals surface area (Å²) in [6.07, 6.45) is 4.13. The quantitative estimate of drug-likeness (QED) is 0.382. The average Bonchev–Trinajstić information content (AvgIpc) is 2.01. The molecule has 0 aliphatic rings. The Morgan fingerprint density at radius 1 is 1.20 bits per heavy atom. The second-order valence-electron chi connectivity index (χ2n) is 5.87. The molecule has 1 unspecified atom stereocenters. The van der Waals surface area contributed by atoms with Gasteiger partial charge in [-0.25, -0.2) is 0 Å². The molecule has 0 aliphatic heterocycles. The second-order valence-corrected chi connectivity index (χ2v) is 11.4. The molecule has 0 aromatic heterocycles. The highest BCUT2D eigenvalue weighted by Crippen LogP contribution is 2.37. The molecule has 0 amide bonds. The highest BCUT2D eigenvalue weighted by molar-refractivity contribution is 9.09. The van der Waals surface area contributed by atoms with Gasteiger partial charge in [0.25, 0.3) is 0 Å². The third kappa shape index (κ3) is 6.08. The van der Waals surface area contributed by atoms with Gasteiger partial charge in [0.05, 0.1) is 0 Å². The van der Waals surface area contributed by atoms with Gasteiger partial charge in [0.15, 0.2) is 8.32 Å². The monoisotopic (exact) mass is 294 g/mol. The van der Waals surface area contributed by atoms with Crippen LogP contribution in [-0.2, 0) is 4.43 Å². The smallest absolute Gasteiger partial charge is 0.192 e. The van der Waals surface area contributed by atoms with E-state index in [0.29, 0.717) is 11.1 Å². The van der Waals surface area contributed by atoms with E-state index in [1.54, 1.807) is 0 Å². The molecule has 0 saturated carbocycles. The molecule has 1 nitrogen and oxygen atoms in total. The van der Waals surface area contributed by atoms with Gasteiger partial charge in [-0.3, -0.25) is 0 Å². The molecule has 0 spiro atoms. The Bertz CT molecular complexity index is 175. The van der Waals surface area contributed by atoms with E-state index in [4.69, 9.17) is 4.43 Å². The molecule has 0 N–H and O–H groups in total. The molecule has 0 aliphatic carbocycles. The third-order valence-corrected chi connectivity index (χ3v) is 8.46. The predicted molar refractivity (Wildman–Crippen MR) is 75.4 cm³/mol. The van der Waals surface area contributed by atoms with Crippen LogP contribution in [0.3, 0.4) is 0 Å². The summed E-state index contributed by atoms with van der Waals surface area (Å²) in [6, 6.07) is 0. The maximum atomic E-state index is 6.27. The van der Waals surface area contributed by atoms with E-state index in [1.165, 1.54) is 19.3 Å². The molecule has 92 valence electrons. The Morgan fingerprint density at radius 2 is 1.73 bits per heavy atom. The van der Waals surface area contributed by atoms with Crippen LogP contribution in [0.5, 0.6) is 0 Å². The molecular formula is C12H27BrOSi. The molecule has 0 heterocycles. The maximum Gasteiger partial charge on any atom is 0.192 e. The zero-order valence-corrected chi connectivity index (χ0v) is 13.8. The number of rotatable bonds is 6. The summed E-state index contributed by atoms with van der Waals surface area (Å²) in [7, 11) is -1.54. The van der Waals surface area contributed by atoms with E-state index < -0.39 is 8.32 Å². The van der Waals surface area contributed by atoms with E-state index in [9.17, 15) is 0 Å². The van der Waals surface area contributed by atoms with Crippen molar-refractivity contribution in [1.29, 1.82) is 0 Å². The van der Waals surface area contributed by atoms with Crippen molar-refractivity contribution >= 4 is 24.2 Å². The number of hydrogen-bond acceptors (Lipinski definition) is 1. The summed E-state index contributed by atoms with van der Waals surface area (Å²) in [6.45, 7) is 13.8. The van der Waals surface area contributed by atoms with Crippen molar-refractivity contribution in [2.45, 2.75) is 71.2 Å². The first-order valence-corrected chi connectivity index (χ1v) is 9.97. The molecule has 0 rings (SSSR count). The van der Waals surface area contributed by atoms with Crippen LogP contribution in [0.25, 0.3) is 0 Å². The first-order valence-electron chi connectivity index (χ1n) is 5.94. The number of hydrogen-bond donors (Lipinski definition) is 0. The minimum Gasteiger partial charge on any atom is -0.414 e. The van der Waals surface area contributed by atoms with Crippen molar-refractivity contribution in [3.63, 3.8) is 0 Å². The van der Waals surface area contributed by atoms with Crippen molar-refractivity contribution in [1.82, 2.24) is 0 Å². The summed E-state index contributed by atoms with van der Waals surface area (Å²) >= 11 is 3.46. The number of alkyl halides is 1. The first-order chi connectivity index (χ1) is 6.70. The van der Waals surface area contributed by atoms with Crippen molar-refractivity contribution in [2.24, 2.45) is 0 Å². The number of unbranched alkanes of at least 4 members (excludes halogenated alkanes) is 1. The van der Waals surface area contributed by atoms with Crippen LogP contribution in [0.15, 0.2) is 0 Å². The third-order valence-electron chi connectivity index (χ3n) is 3.30. The van der Waals surface area contributed by atoms with Gasteiger partial charge in [-0.15, -0.1) is 0 Å². The second kappa shape index (κ2) is 6.41. The SMILES string of the molecule is CC(CCCCBr)O[Si](C)(C)C(C)(C)C. The van der Waals surface area contributed by atoms with E-state index in [-0.39, 0.29) is 0 Å². The highest BCUT2D eigenvalue weighted by Gasteiger charge is 2.38. The Hall–Kier alpha value is 0.657. The molecule has 0 fully saturated rings. The lowest BCUT2D eigenvalue weighted by Gasteiger charge is -2.38. The summed E-state index contributed by atoms with van der Waals surface area (Å²) in [4.78, 5) is 0. The van der Waals surface area contributed by atoms with Crippen LogP contribution in [0, 0.1) is 0 Å². The predicted octanol–water partition coefficient (Wildman–Crippen LogP) is 4.96. The summed E-state index contributed by atoms with van der Waals surface area (Å²) in [5, 5.41) is 1.44. The molecule has 15 heavy (non-hydrogen) atoms. The van der Waals surface area contributed by atoms with Crippen molar-refractivity contribution < 1.29 is 4.43 Å². The molecule has 0 radical (unpaired) electrons. The molecule has 0 aromatic rings. The van der Waals surface area contributed by atoms with Gasteiger partial charge in [-0.2, -0.15) is 0 Å². The molecule has 0 aromatic carbocycles. The normalized spacial score (nSPS) is 15.4. The minimum atomic E-state index is -1.54. The van der Waals surface area contributed by atoms with Gasteiger partial charge in [0, 0.05) is 11.4 Å². The molecule has 0 saturated heterocycles. The minimum absolute atomic E-state index is 0.330. The van der Waals surface area contributed by atoms with Crippen molar-refractivity contribution in [3.05, 3.63) is 0 Å². The summed E-state index contributed by atoms with van der Waals surface area (Å²) < 4.78 is 6.27. The van der Waals surface area contributed by atoms with Crippen molar-refractivity contribution in [2.75, 3.05) is 5.33 Å². The fraction of sp³-hybridized carbons (Fsp3) is 1.00. The fourth-order valence-electron chi connectivity index (χ4n) is 1.26. The lowest BCUT2D eigenvalue weighted by molar-refractivity contribution is 0.186. The van der Waals surface area contributed by atoms with Gasteiger partial charge < -0.3 is 4.43 Å². The Balaban J connectivity index is 3.99. The molecular weight excluding hydrogens is 268 g/mol. The van der Waals surface area contributed by atoms with Gasteiger partial charge in [-0.05, 0) is 37.9 Å². The Kier molecular flexibility index (Phi) is 6.69. The topological polar surface area (TPSA) is 9.23 Å². The van der Waals surface area contributed by atoms with E-state index >= 15 is 0 Å². The van der Waals surface area contributed by atoms with Gasteiger partial charge in [0.1, 0.15) is 0 Å². The van der Waals surface area contributed by atoms with Crippen LogP contribution in [0.1, 0.15) is 47.0 Å². The first kappa shape index (κ1) is 15.7. The van der Waals surface area contributed by atoms with Gasteiger partial charge in [0.2, 0.25) is 0 Å². The Labute approximate surface area is 105 Å². The van der Waals surface area contributed by atoms with E-state index in [2.05, 4.69) is 56.7 Å². The largest absolute Gasteiger partial charge is 0.414 e. The average molecular weight is 295 g/mol. The van der Waals surface area contributed by atoms with Crippen LogP contribution < -0.4 is 0 Å². The van der Waals surface area contributed by atoms with Crippen molar-refractivity contribution in [3.8, 4) is 0 Å². The van der Waals surface area contributed by atoms with Gasteiger partial charge in [-0.1, -0.05) is 43.1 Å². The lowest BCUT2D eigenvalue weighted by atomic mass is 10.2. The van der Waals surface area contributed by atoms with E-state index in [0.717, 1.165) is 5.33 Å². The van der Waals surface area contributed by atoms with Crippen LogP contribution >= 0.6 is 15.9 Å². The van der Waals surface area contributed by atoms with Crippen LogP contribution in [-0.4, -0.2) is 19.8 Å². The highest BCUT2D eigenvalue weighted by atomic mass is 79.9. The fourth-order valence-corrected chi connectivity index (χ4v) is 3.14. The van der Waals surface area contributed by atoms with Crippen LogP contribution in [0.2, 0.25) is 18.1 Å². The summed E-state index contributed by atoms with van der Waals surface area (Å²) in [5.41, 5.74) is 0. The van der Waals surface area contributed by atoms with E-state index in [1.807, 2.05) is 0 Å². The molecule has 3 heteroatoms. The zero-order chi connectivity index (χ0) is 12.1. The van der Waals surface area contributed by atoms with Crippen LogP contribution in [0.4, 0.5) is 0 Å². The standard InChI is InChI=1S/C12H27BrOSi/c1-11(9-7-8-10-13)14-15(5,6)12(2,3)4/h11H,7-10H2,1-6H3. The van der Waals surface area contributed by atoms with Gasteiger partial charge >= 0.3 is 0 Å². The summed E-state index contributed by atoms with van der Waals surface area (Å²) in [5.74, 6) is 0. The maximum absolute atomic E-state index is 6.27. The zero-order valence-electron chi connectivity index (χ0n) is 11.2. The molecule has 0 bridgehead atoms. The number of halogens is 1.